The molecular weight excluding hydrogens is 238 g/mol. The molecule has 0 bridgehead atoms. The average molecular weight is 267 g/mol. The molecule has 19 heavy (non-hydrogen) atoms. The molecule has 110 valence electrons. The molecule has 0 aromatic heterocycles. The van der Waals surface area contributed by atoms with Crippen LogP contribution in [-0.2, 0) is 4.74 Å². The lowest BCUT2D eigenvalue weighted by atomic mass is 10.2. The molecule has 0 saturated carbocycles. The van der Waals surface area contributed by atoms with Crippen LogP contribution < -0.4 is 5.32 Å². The van der Waals surface area contributed by atoms with Gasteiger partial charge in [0.2, 0.25) is 0 Å². The van der Waals surface area contributed by atoms with Crippen molar-refractivity contribution in [1.82, 2.24) is 15.1 Å². The highest BCUT2D eigenvalue weighted by atomic mass is 16.5. The predicted molar refractivity (Wildman–Crippen MR) is 77.5 cm³/mol. The molecule has 0 aromatic carbocycles. The molecule has 3 saturated heterocycles. The van der Waals surface area contributed by atoms with Gasteiger partial charge in [0.25, 0.3) is 0 Å². The molecule has 0 aromatic rings. The summed E-state index contributed by atoms with van der Waals surface area (Å²) in [6.07, 6.45) is 7.21. The maximum absolute atomic E-state index is 5.96. The Morgan fingerprint density at radius 2 is 2.00 bits per heavy atom. The van der Waals surface area contributed by atoms with Gasteiger partial charge in [0, 0.05) is 19.1 Å². The molecule has 0 spiro atoms. The normalized spacial score (nSPS) is 32.8. The van der Waals surface area contributed by atoms with E-state index in [1.54, 1.807) is 0 Å². The van der Waals surface area contributed by atoms with Gasteiger partial charge in [-0.05, 0) is 64.8 Å². The van der Waals surface area contributed by atoms with Gasteiger partial charge in [-0.2, -0.15) is 0 Å². The first-order chi connectivity index (χ1) is 9.42. The zero-order valence-corrected chi connectivity index (χ0v) is 12.1. The van der Waals surface area contributed by atoms with Crippen LogP contribution in [0.4, 0.5) is 0 Å². The van der Waals surface area contributed by atoms with Gasteiger partial charge < -0.3 is 15.0 Å². The van der Waals surface area contributed by atoms with E-state index in [-0.39, 0.29) is 0 Å². The first-order valence-electron chi connectivity index (χ1n) is 8.20. The zero-order chi connectivity index (χ0) is 12.9. The minimum absolute atomic E-state index is 0.418. The summed E-state index contributed by atoms with van der Waals surface area (Å²) in [5.74, 6) is 0. The van der Waals surface area contributed by atoms with Crippen molar-refractivity contribution < 1.29 is 4.74 Å². The number of nitrogens with zero attached hydrogens (tertiary/aromatic N) is 2. The van der Waals surface area contributed by atoms with E-state index >= 15 is 0 Å². The number of ether oxygens (including phenoxy) is 1. The van der Waals surface area contributed by atoms with E-state index in [2.05, 4.69) is 15.1 Å². The molecule has 2 atom stereocenters. The molecule has 3 rings (SSSR count). The Morgan fingerprint density at radius 3 is 2.89 bits per heavy atom. The van der Waals surface area contributed by atoms with Gasteiger partial charge in [0.05, 0.1) is 12.7 Å². The van der Waals surface area contributed by atoms with Crippen LogP contribution in [0.1, 0.15) is 32.1 Å². The van der Waals surface area contributed by atoms with Crippen molar-refractivity contribution in [2.45, 2.75) is 44.2 Å². The fourth-order valence-corrected chi connectivity index (χ4v) is 3.71. The Morgan fingerprint density at radius 1 is 1.11 bits per heavy atom. The second kappa shape index (κ2) is 7.02. The summed E-state index contributed by atoms with van der Waals surface area (Å²) in [5.41, 5.74) is 0. The quantitative estimate of drug-likeness (QED) is 0.725. The summed E-state index contributed by atoms with van der Waals surface area (Å²) < 4.78 is 5.96. The lowest BCUT2D eigenvalue weighted by Crippen LogP contribution is -2.49. The van der Waals surface area contributed by atoms with Crippen LogP contribution in [0.2, 0.25) is 0 Å². The van der Waals surface area contributed by atoms with Gasteiger partial charge >= 0.3 is 0 Å². The van der Waals surface area contributed by atoms with E-state index in [0.29, 0.717) is 6.10 Å². The zero-order valence-electron chi connectivity index (χ0n) is 12.1. The van der Waals surface area contributed by atoms with Crippen LogP contribution in [0.25, 0.3) is 0 Å². The standard InChI is InChI=1S/C15H29N3O/c1-2-8-17(7-1)9-4-6-16-11-15-12-18-10-3-5-14(18)13-19-15/h14-16H,1-13H2. The van der Waals surface area contributed by atoms with Crippen LogP contribution >= 0.6 is 0 Å². The topological polar surface area (TPSA) is 27.7 Å². The maximum Gasteiger partial charge on any atom is 0.0826 e. The number of rotatable bonds is 6. The molecule has 3 aliphatic heterocycles. The maximum atomic E-state index is 5.96. The predicted octanol–water partition coefficient (Wildman–Crippen LogP) is 0.925. The Balaban J connectivity index is 1.24. The number of morpholine rings is 1. The van der Waals surface area contributed by atoms with Crippen molar-refractivity contribution in [1.29, 1.82) is 0 Å². The van der Waals surface area contributed by atoms with E-state index in [1.807, 2.05) is 0 Å². The molecule has 0 aliphatic carbocycles. The number of hydrogen-bond donors (Lipinski definition) is 1. The highest BCUT2D eigenvalue weighted by Crippen LogP contribution is 2.22. The van der Waals surface area contributed by atoms with Crippen molar-refractivity contribution in [2.24, 2.45) is 0 Å². The minimum atomic E-state index is 0.418. The fourth-order valence-electron chi connectivity index (χ4n) is 3.71. The van der Waals surface area contributed by atoms with Crippen LogP contribution in [-0.4, -0.2) is 74.4 Å². The lowest BCUT2D eigenvalue weighted by Gasteiger charge is -2.35. The third-order valence-corrected chi connectivity index (χ3v) is 4.86. The number of hydrogen-bond acceptors (Lipinski definition) is 4. The molecule has 3 heterocycles. The summed E-state index contributed by atoms with van der Waals surface area (Å²) in [6, 6.07) is 0.728. The second-order valence-electron chi connectivity index (χ2n) is 6.35. The highest BCUT2D eigenvalue weighted by molar-refractivity contribution is 4.85. The summed E-state index contributed by atoms with van der Waals surface area (Å²) in [4.78, 5) is 5.22. The molecule has 1 N–H and O–H groups in total. The van der Waals surface area contributed by atoms with Gasteiger partial charge in [0.1, 0.15) is 0 Å². The Hall–Kier alpha value is -0.160. The first-order valence-corrected chi connectivity index (χ1v) is 8.20. The molecule has 3 aliphatic rings. The van der Waals surface area contributed by atoms with E-state index in [1.165, 1.54) is 58.3 Å². The van der Waals surface area contributed by atoms with Gasteiger partial charge in [0.15, 0.2) is 0 Å². The molecule has 2 unspecified atom stereocenters. The van der Waals surface area contributed by atoms with E-state index in [0.717, 1.165) is 32.3 Å². The fraction of sp³-hybridized carbons (Fsp3) is 1.00. The SMILES string of the molecule is C1CCN(CCCNCC2CN3CCCC3CO2)C1. The van der Waals surface area contributed by atoms with Crippen LogP contribution in [0.5, 0.6) is 0 Å². The number of likely N-dealkylation sites (tertiary alicyclic amines) is 1. The van der Waals surface area contributed by atoms with Crippen molar-refractivity contribution in [3.05, 3.63) is 0 Å². The van der Waals surface area contributed by atoms with Crippen molar-refractivity contribution in [3.63, 3.8) is 0 Å². The third kappa shape index (κ3) is 3.91. The largest absolute Gasteiger partial charge is 0.374 e. The summed E-state index contributed by atoms with van der Waals surface area (Å²) >= 11 is 0. The Bertz CT molecular complexity index is 268. The monoisotopic (exact) mass is 267 g/mol. The minimum Gasteiger partial charge on any atom is -0.374 e. The summed E-state index contributed by atoms with van der Waals surface area (Å²) in [5, 5.41) is 3.58. The molecule has 0 amide bonds. The van der Waals surface area contributed by atoms with E-state index in [4.69, 9.17) is 4.74 Å². The van der Waals surface area contributed by atoms with Crippen molar-refractivity contribution in [2.75, 3.05) is 52.4 Å². The second-order valence-corrected chi connectivity index (χ2v) is 6.35. The Labute approximate surface area is 117 Å². The summed E-state index contributed by atoms with van der Waals surface area (Å²) in [6.45, 7) is 9.48. The molecular formula is C15H29N3O. The molecule has 4 heteroatoms. The molecule has 0 radical (unpaired) electrons. The Kier molecular flexibility index (Phi) is 5.10. The lowest BCUT2D eigenvalue weighted by molar-refractivity contribution is -0.0468. The molecule has 4 nitrogen and oxygen atoms in total. The van der Waals surface area contributed by atoms with Gasteiger partial charge in [-0.3, -0.25) is 4.90 Å². The van der Waals surface area contributed by atoms with Gasteiger partial charge in [-0.15, -0.1) is 0 Å². The van der Waals surface area contributed by atoms with Crippen molar-refractivity contribution in [3.8, 4) is 0 Å². The smallest absolute Gasteiger partial charge is 0.0826 e. The van der Waals surface area contributed by atoms with Crippen LogP contribution in [0, 0.1) is 0 Å². The van der Waals surface area contributed by atoms with Crippen LogP contribution in [0.3, 0.4) is 0 Å². The van der Waals surface area contributed by atoms with Gasteiger partial charge in [-0.25, -0.2) is 0 Å². The molecule has 3 fully saturated rings. The first kappa shape index (κ1) is 13.8. The van der Waals surface area contributed by atoms with E-state index < -0.39 is 0 Å². The van der Waals surface area contributed by atoms with E-state index in [9.17, 15) is 0 Å². The number of fused-ring (bicyclic) bond motifs is 1. The van der Waals surface area contributed by atoms with Gasteiger partial charge in [-0.1, -0.05) is 0 Å². The van der Waals surface area contributed by atoms with Crippen LogP contribution in [0.15, 0.2) is 0 Å². The average Bonchev–Trinajstić information content (AvgIpc) is 3.08. The highest BCUT2D eigenvalue weighted by Gasteiger charge is 2.31. The third-order valence-electron chi connectivity index (χ3n) is 4.86. The van der Waals surface area contributed by atoms with Crippen molar-refractivity contribution >= 4 is 0 Å². The summed E-state index contributed by atoms with van der Waals surface area (Å²) in [7, 11) is 0. The number of nitrogens with one attached hydrogen (secondary N) is 1.